The van der Waals surface area contributed by atoms with E-state index >= 15 is 0 Å². The van der Waals surface area contributed by atoms with Crippen LogP contribution in [0.4, 0.5) is 14.5 Å². The molecule has 2 heterocycles. The van der Waals surface area contributed by atoms with Gasteiger partial charge in [-0.3, -0.25) is 4.98 Å². The average Bonchev–Trinajstić information content (AvgIpc) is 3.35. The summed E-state index contributed by atoms with van der Waals surface area (Å²) in [6, 6.07) is 8.86. The topological polar surface area (TPSA) is 114 Å². The number of rotatable bonds is 20. The fourth-order valence-electron chi connectivity index (χ4n) is 5.16. The Morgan fingerprint density at radius 3 is 2.56 bits per heavy atom. The number of aromatic nitrogens is 1. The predicted octanol–water partition coefficient (Wildman–Crippen LogP) is 6.14. The molecule has 2 atom stereocenters. The van der Waals surface area contributed by atoms with Crippen LogP contribution in [0.25, 0.3) is 16.6 Å². The number of benzene rings is 1. The van der Waals surface area contributed by atoms with Crippen LogP contribution >= 0.6 is 0 Å². The van der Waals surface area contributed by atoms with E-state index in [0.717, 1.165) is 58.5 Å². The third kappa shape index (κ3) is 10.2. The summed E-state index contributed by atoms with van der Waals surface area (Å²) in [7, 11) is 0. The number of nitrogens with zero attached hydrogens (tertiary/aromatic N) is 3. The molecule has 1 aliphatic rings. The zero-order valence-electron chi connectivity index (χ0n) is 26.1. The van der Waals surface area contributed by atoms with Crippen molar-refractivity contribution < 1.29 is 8.78 Å². The van der Waals surface area contributed by atoms with Crippen molar-refractivity contribution in [3.05, 3.63) is 104 Å². The normalized spacial score (nSPS) is 15.9. The number of fused-ring (bicyclic) bond motifs is 1. The van der Waals surface area contributed by atoms with E-state index in [4.69, 9.17) is 5.73 Å². The highest BCUT2D eigenvalue weighted by Crippen LogP contribution is 2.34. The summed E-state index contributed by atoms with van der Waals surface area (Å²) in [6.07, 6.45) is 7.42. The molecule has 1 aromatic carbocycles. The Morgan fingerprint density at radius 2 is 1.84 bits per heavy atom. The van der Waals surface area contributed by atoms with E-state index in [1.54, 1.807) is 6.20 Å². The van der Waals surface area contributed by atoms with E-state index in [1.165, 1.54) is 4.90 Å². The molecule has 0 bridgehead atoms. The van der Waals surface area contributed by atoms with Gasteiger partial charge in [-0.15, -0.1) is 6.58 Å². The fraction of sp³-hybridized carbons (Fsp3) is 0.371. The molecule has 0 aliphatic carbocycles. The first-order valence-electron chi connectivity index (χ1n) is 15.1. The van der Waals surface area contributed by atoms with Gasteiger partial charge in [-0.2, -0.15) is 5.26 Å². The number of unbranched alkanes of at least 4 members (excludes halogenated alkanes) is 1. The third-order valence-corrected chi connectivity index (χ3v) is 7.66. The molecule has 0 amide bonds. The molecule has 45 heavy (non-hydrogen) atoms. The van der Waals surface area contributed by atoms with Crippen LogP contribution in [-0.2, 0) is 0 Å². The number of anilines is 1. The molecule has 2 aromatic rings. The Morgan fingerprint density at radius 1 is 1.09 bits per heavy atom. The lowest BCUT2D eigenvalue weighted by atomic mass is 10.1. The fourth-order valence-corrected chi connectivity index (χ4v) is 5.16. The Kier molecular flexibility index (Phi) is 12.7. The molecule has 1 aliphatic heterocycles. The average molecular weight is 617 g/mol. The highest BCUT2D eigenvalue weighted by atomic mass is 19.3. The zero-order chi connectivity index (χ0) is 33.0. The number of para-hydroxylation sites is 1. The number of nitriles is 1. The van der Waals surface area contributed by atoms with Crippen molar-refractivity contribution in [2.24, 2.45) is 5.73 Å². The van der Waals surface area contributed by atoms with E-state index in [-0.39, 0.29) is 12.6 Å². The van der Waals surface area contributed by atoms with Crippen molar-refractivity contribution in [2.75, 3.05) is 31.5 Å². The molecule has 10 heteroatoms. The predicted molar refractivity (Wildman–Crippen MR) is 182 cm³/mol. The van der Waals surface area contributed by atoms with Crippen molar-refractivity contribution in [3.63, 3.8) is 0 Å². The van der Waals surface area contributed by atoms with E-state index in [1.807, 2.05) is 36.4 Å². The third-order valence-electron chi connectivity index (χ3n) is 7.66. The van der Waals surface area contributed by atoms with Crippen LogP contribution in [-0.4, -0.2) is 54.1 Å². The zero-order valence-corrected chi connectivity index (χ0v) is 26.1. The van der Waals surface area contributed by atoms with Crippen LogP contribution < -0.4 is 27.0 Å². The standard InChI is InChI=1S/C35H46F2N8/c1-7-29(11-8-9-17-38)43-26(4)21-41-24(2)14-15-25(3)44-33-13-10-12-32-31(16-18-40-34(32)33)28(6)42-22-27(5)45-23-35(36,37)19-30(45)20-39/h7,10,12-13,16,18,29-30,41-44H,1-6,8-9,11,14-15,17,19,21-23,38H2. The van der Waals surface area contributed by atoms with Gasteiger partial charge in [0, 0.05) is 58.1 Å². The van der Waals surface area contributed by atoms with Gasteiger partial charge in [0.25, 0.3) is 5.92 Å². The van der Waals surface area contributed by atoms with Gasteiger partial charge in [0.1, 0.15) is 6.04 Å². The number of nitrogens with two attached hydrogens (primary N) is 1. The van der Waals surface area contributed by atoms with Crippen LogP contribution in [0, 0.1) is 11.3 Å². The molecule has 1 fully saturated rings. The lowest BCUT2D eigenvalue weighted by molar-refractivity contribution is 0.0147. The van der Waals surface area contributed by atoms with E-state index in [0.29, 0.717) is 37.3 Å². The Hall–Kier alpha value is -4.62. The quantitative estimate of drug-likeness (QED) is 0.0891. The van der Waals surface area contributed by atoms with Crippen LogP contribution in [0.3, 0.4) is 0 Å². The molecule has 0 spiro atoms. The van der Waals surface area contributed by atoms with Crippen molar-refractivity contribution in [1.29, 1.82) is 5.26 Å². The molecular weight excluding hydrogens is 570 g/mol. The highest BCUT2D eigenvalue weighted by Gasteiger charge is 2.45. The molecular formula is C35H46F2N8. The van der Waals surface area contributed by atoms with E-state index in [2.05, 4.69) is 65.7 Å². The summed E-state index contributed by atoms with van der Waals surface area (Å²) >= 11 is 0. The first kappa shape index (κ1) is 34.9. The lowest BCUT2D eigenvalue weighted by Crippen LogP contribution is -2.33. The van der Waals surface area contributed by atoms with Gasteiger partial charge in [0.2, 0.25) is 0 Å². The maximum absolute atomic E-state index is 13.9. The largest absolute Gasteiger partial charge is 0.383 e. The van der Waals surface area contributed by atoms with Crippen molar-refractivity contribution in [1.82, 2.24) is 25.8 Å². The number of nitrogens with one attached hydrogen (secondary N) is 4. The van der Waals surface area contributed by atoms with Crippen LogP contribution in [0.15, 0.2) is 98.8 Å². The summed E-state index contributed by atoms with van der Waals surface area (Å²) in [4.78, 5) is 5.95. The molecule has 3 rings (SSSR count). The van der Waals surface area contributed by atoms with Gasteiger partial charge in [-0.1, -0.05) is 51.1 Å². The number of pyridine rings is 1. The lowest BCUT2D eigenvalue weighted by Gasteiger charge is -2.25. The van der Waals surface area contributed by atoms with Gasteiger partial charge < -0.3 is 31.9 Å². The summed E-state index contributed by atoms with van der Waals surface area (Å²) in [5.74, 6) is -2.91. The van der Waals surface area contributed by atoms with Crippen molar-refractivity contribution in [3.8, 4) is 6.07 Å². The summed E-state index contributed by atoms with van der Waals surface area (Å²) in [6.45, 7) is 25.4. The van der Waals surface area contributed by atoms with Gasteiger partial charge in [0.05, 0.1) is 36.9 Å². The minimum Gasteiger partial charge on any atom is -0.383 e. The maximum atomic E-state index is 13.9. The SMILES string of the molecule is C=CC(CCCCN)NC(=C)CNC(=C)CCC(=C)Nc1cccc2c(C(=C)NCC(=C)N3CC(F)(F)CC3C#N)ccnc12. The maximum Gasteiger partial charge on any atom is 0.268 e. The molecule has 2 unspecified atom stereocenters. The molecule has 0 saturated carbocycles. The van der Waals surface area contributed by atoms with E-state index < -0.39 is 24.9 Å². The molecule has 0 radical (unpaired) electrons. The highest BCUT2D eigenvalue weighted by molar-refractivity contribution is 5.97. The van der Waals surface area contributed by atoms with Crippen molar-refractivity contribution in [2.45, 2.75) is 56.5 Å². The Bertz CT molecular complexity index is 1460. The van der Waals surface area contributed by atoms with Crippen LogP contribution in [0.2, 0.25) is 0 Å². The number of likely N-dealkylation sites (tertiary alicyclic amines) is 1. The Balaban J connectivity index is 1.52. The first-order chi connectivity index (χ1) is 21.5. The molecule has 1 saturated heterocycles. The number of hydrogen-bond acceptors (Lipinski definition) is 8. The second-order valence-corrected chi connectivity index (χ2v) is 11.4. The number of halogens is 2. The second-order valence-electron chi connectivity index (χ2n) is 11.4. The smallest absolute Gasteiger partial charge is 0.268 e. The van der Waals surface area contributed by atoms with Gasteiger partial charge in [0.15, 0.2) is 0 Å². The van der Waals surface area contributed by atoms with Crippen LogP contribution in [0.1, 0.15) is 44.1 Å². The van der Waals surface area contributed by atoms with Gasteiger partial charge in [-0.05, 0) is 50.8 Å². The molecule has 1 aromatic heterocycles. The van der Waals surface area contributed by atoms with E-state index in [9.17, 15) is 14.0 Å². The molecule has 8 nitrogen and oxygen atoms in total. The Labute approximate surface area is 266 Å². The summed E-state index contributed by atoms with van der Waals surface area (Å²) in [5, 5.41) is 23.5. The van der Waals surface area contributed by atoms with Gasteiger partial charge >= 0.3 is 0 Å². The van der Waals surface area contributed by atoms with Crippen LogP contribution in [0.5, 0.6) is 0 Å². The number of alkyl halides is 2. The minimum atomic E-state index is -2.91. The second kappa shape index (κ2) is 16.5. The first-order valence-corrected chi connectivity index (χ1v) is 15.1. The summed E-state index contributed by atoms with van der Waals surface area (Å²) < 4.78 is 27.8. The monoisotopic (exact) mass is 616 g/mol. The van der Waals surface area contributed by atoms with Gasteiger partial charge in [-0.25, -0.2) is 8.78 Å². The number of allylic oxidation sites excluding steroid dienone is 2. The molecule has 6 N–H and O–H groups in total. The minimum absolute atomic E-state index is 0.160. The van der Waals surface area contributed by atoms with Crippen molar-refractivity contribution >= 4 is 22.3 Å². The number of hydrogen-bond donors (Lipinski definition) is 5. The molecule has 240 valence electrons. The summed E-state index contributed by atoms with van der Waals surface area (Å²) in [5.41, 5.74) is 11.5.